The summed E-state index contributed by atoms with van der Waals surface area (Å²) >= 11 is 0. The summed E-state index contributed by atoms with van der Waals surface area (Å²) in [7, 11) is 0. The number of imide groups is 1. The van der Waals surface area contributed by atoms with E-state index in [0.29, 0.717) is 25.1 Å². The van der Waals surface area contributed by atoms with Gasteiger partial charge in [-0.05, 0) is 24.8 Å². The van der Waals surface area contributed by atoms with Gasteiger partial charge in [-0.1, -0.05) is 37.3 Å². The largest absolute Gasteiger partial charge is 0.345 e. The molecule has 1 aromatic carbocycles. The minimum absolute atomic E-state index is 0.125. The van der Waals surface area contributed by atoms with E-state index < -0.39 is 29.9 Å². The number of nitrogens with one attached hydrogen (secondary N) is 2. The highest BCUT2D eigenvalue weighted by Crippen LogP contribution is 2.32. The van der Waals surface area contributed by atoms with E-state index in [1.807, 2.05) is 13.0 Å². The molecule has 8 nitrogen and oxygen atoms in total. The summed E-state index contributed by atoms with van der Waals surface area (Å²) in [5, 5.41) is 5.24. The van der Waals surface area contributed by atoms with E-state index in [9.17, 15) is 19.2 Å². The first-order chi connectivity index (χ1) is 13.0. The maximum absolute atomic E-state index is 12.9. The molecule has 0 radical (unpaired) electrons. The predicted molar refractivity (Wildman–Crippen MR) is 97.5 cm³/mol. The van der Waals surface area contributed by atoms with E-state index in [2.05, 4.69) is 10.6 Å². The van der Waals surface area contributed by atoms with Crippen LogP contribution >= 0.6 is 0 Å². The fourth-order valence-corrected chi connectivity index (χ4v) is 3.58. The molecule has 0 bridgehead atoms. The van der Waals surface area contributed by atoms with Gasteiger partial charge >= 0.3 is 6.03 Å². The van der Waals surface area contributed by atoms with Crippen molar-refractivity contribution in [3.8, 4) is 0 Å². The zero-order valence-electron chi connectivity index (χ0n) is 15.4. The van der Waals surface area contributed by atoms with E-state index in [-0.39, 0.29) is 12.5 Å². The molecule has 144 valence electrons. The maximum atomic E-state index is 12.9. The van der Waals surface area contributed by atoms with Crippen molar-refractivity contribution in [3.05, 3.63) is 35.9 Å². The van der Waals surface area contributed by atoms with Gasteiger partial charge in [0.25, 0.3) is 5.91 Å². The summed E-state index contributed by atoms with van der Waals surface area (Å²) in [4.78, 5) is 52.1. The number of rotatable bonds is 6. The van der Waals surface area contributed by atoms with Gasteiger partial charge in [-0.3, -0.25) is 19.3 Å². The Morgan fingerprint density at radius 1 is 1.15 bits per heavy atom. The first-order valence-electron chi connectivity index (χ1n) is 9.22. The average molecular weight is 372 g/mol. The number of likely N-dealkylation sites (tertiary alicyclic amines) is 1. The Kier molecular flexibility index (Phi) is 5.43. The third-order valence-electron chi connectivity index (χ3n) is 5.17. The van der Waals surface area contributed by atoms with Gasteiger partial charge in [0, 0.05) is 13.1 Å². The number of amides is 5. The molecule has 3 rings (SSSR count). The number of urea groups is 1. The molecule has 0 saturated carbocycles. The Bertz CT molecular complexity index is 745. The molecule has 2 saturated heterocycles. The van der Waals surface area contributed by atoms with Gasteiger partial charge < -0.3 is 15.5 Å². The average Bonchev–Trinajstić information content (AvgIpc) is 3.30. The van der Waals surface area contributed by atoms with Crippen molar-refractivity contribution < 1.29 is 19.2 Å². The summed E-state index contributed by atoms with van der Waals surface area (Å²) in [6.45, 7) is 2.69. The molecule has 1 atom stereocenters. The smallest absolute Gasteiger partial charge is 0.325 e. The molecule has 5 amide bonds. The molecule has 1 aromatic rings. The summed E-state index contributed by atoms with van der Waals surface area (Å²) in [5.74, 6) is -1.14. The minimum Gasteiger partial charge on any atom is -0.345 e. The summed E-state index contributed by atoms with van der Waals surface area (Å²) < 4.78 is 0. The molecule has 0 aromatic heterocycles. The molecule has 0 spiro atoms. The van der Waals surface area contributed by atoms with Crippen molar-refractivity contribution in [2.45, 2.75) is 31.7 Å². The second kappa shape index (κ2) is 7.77. The number of hydrogen-bond acceptors (Lipinski definition) is 4. The maximum Gasteiger partial charge on any atom is 0.325 e. The highest BCUT2D eigenvalue weighted by atomic mass is 16.2. The molecule has 2 heterocycles. The monoisotopic (exact) mass is 372 g/mol. The molecule has 8 heteroatoms. The van der Waals surface area contributed by atoms with E-state index in [1.165, 1.54) is 0 Å². The van der Waals surface area contributed by atoms with Crippen molar-refractivity contribution in [2.24, 2.45) is 0 Å². The van der Waals surface area contributed by atoms with Crippen LogP contribution < -0.4 is 10.6 Å². The van der Waals surface area contributed by atoms with Gasteiger partial charge in [-0.25, -0.2) is 4.79 Å². The zero-order valence-corrected chi connectivity index (χ0v) is 15.4. The molecule has 27 heavy (non-hydrogen) atoms. The van der Waals surface area contributed by atoms with Crippen LogP contribution in [0.3, 0.4) is 0 Å². The topological polar surface area (TPSA) is 98.8 Å². The van der Waals surface area contributed by atoms with Crippen LogP contribution in [0.5, 0.6) is 0 Å². The van der Waals surface area contributed by atoms with Crippen LogP contribution in [0.2, 0.25) is 0 Å². The fourth-order valence-electron chi connectivity index (χ4n) is 3.58. The normalized spacial score (nSPS) is 22.1. The quantitative estimate of drug-likeness (QED) is 0.714. The zero-order chi connectivity index (χ0) is 19.4. The van der Waals surface area contributed by atoms with Crippen molar-refractivity contribution in [1.82, 2.24) is 20.4 Å². The van der Waals surface area contributed by atoms with Gasteiger partial charge in [0.1, 0.15) is 12.1 Å². The number of carbonyl (C=O) groups is 4. The number of nitrogens with zero attached hydrogens (tertiary/aromatic N) is 2. The van der Waals surface area contributed by atoms with Gasteiger partial charge in [-0.2, -0.15) is 0 Å². The number of benzene rings is 1. The second-order valence-electron chi connectivity index (χ2n) is 6.81. The second-order valence-corrected chi connectivity index (χ2v) is 6.81. The van der Waals surface area contributed by atoms with Crippen molar-refractivity contribution in [1.29, 1.82) is 0 Å². The fraction of sp³-hybridized carbons (Fsp3) is 0.474. The van der Waals surface area contributed by atoms with E-state index in [1.54, 1.807) is 29.2 Å². The minimum atomic E-state index is -1.16. The van der Waals surface area contributed by atoms with Gasteiger partial charge in [-0.15, -0.1) is 0 Å². The van der Waals surface area contributed by atoms with Crippen LogP contribution in [-0.2, 0) is 19.9 Å². The van der Waals surface area contributed by atoms with Crippen LogP contribution in [0.1, 0.15) is 31.7 Å². The molecule has 2 aliphatic heterocycles. The highest BCUT2D eigenvalue weighted by Gasteiger charge is 2.51. The highest BCUT2D eigenvalue weighted by molar-refractivity contribution is 6.09. The molecular formula is C19H24N4O4. The molecule has 1 unspecified atom stereocenters. The Balaban J connectivity index is 1.63. The van der Waals surface area contributed by atoms with Crippen LogP contribution in [0.4, 0.5) is 4.79 Å². The van der Waals surface area contributed by atoms with Crippen molar-refractivity contribution >= 4 is 23.8 Å². The van der Waals surface area contributed by atoms with Gasteiger partial charge in [0.15, 0.2) is 0 Å². The van der Waals surface area contributed by atoms with E-state index in [0.717, 1.165) is 17.7 Å². The molecule has 2 fully saturated rings. The molecule has 2 aliphatic rings. The predicted octanol–water partition coefficient (Wildman–Crippen LogP) is 0.582. The SMILES string of the molecule is CCC1(c2ccccc2)NC(=O)N(CC(=O)NCC(=O)N2CCCC2)C1=O. The third-order valence-corrected chi connectivity index (χ3v) is 5.17. The van der Waals surface area contributed by atoms with Crippen LogP contribution in [0, 0.1) is 0 Å². The third kappa shape index (κ3) is 3.65. The Morgan fingerprint density at radius 2 is 1.81 bits per heavy atom. The number of carbonyl (C=O) groups excluding carboxylic acids is 4. The lowest BCUT2D eigenvalue weighted by Crippen LogP contribution is -2.46. The van der Waals surface area contributed by atoms with Crippen LogP contribution in [0.15, 0.2) is 30.3 Å². The Labute approximate surface area is 157 Å². The standard InChI is InChI=1S/C19H24N4O4/c1-2-19(14-8-4-3-5-9-14)17(26)23(18(27)21-19)13-15(24)20-12-16(25)22-10-6-7-11-22/h3-5,8-9H,2,6-7,10-13H2,1H3,(H,20,24)(H,21,27). The van der Waals surface area contributed by atoms with E-state index in [4.69, 9.17) is 0 Å². The summed E-state index contributed by atoms with van der Waals surface area (Å²) in [6.07, 6.45) is 2.31. The van der Waals surface area contributed by atoms with Crippen LogP contribution in [0.25, 0.3) is 0 Å². The molecular weight excluding hydrogens is 348 g/mol. The Hall–Kier alpha value is -2.90. The van der Waals surface area contributed by atoms with Gasteiger partial charge in [0.2, 0.25) is 11.8 Å². The molecule has 0 aliphatic carbocycles. The van der Waals surface area contributed by atoms with Crippen molar-refractivity contribution in [2.75, 3.05) is 26.2 Å². The van der Waals surface area contributed by atoms with Crippen LogP contribution in [-0.4, -0.2) is 59.7 Å². The summed E-state index contributed by atoms with van der Waals surface area (Å²) in [6, 6.07) is 8.37. The van der Waals surface area contributed by atoms with Crippen molar-refractivity contribution in [3.63, 3.8) is 0 Å². The summed E-state index contributed by atoms with van der Waals surface area (Å²) in [5.41, 5.74) is -0.484. The molecule has 2 N–H and O–H groups in total. The first-order valence-corrected chi connectivity index (χ1v) is 9.22. The number of hydrogen-bond donors (Lipinski definition) is 2. The lowest BCUT2D eigenvalue weighted by Gasteiger charge is -2.25. The van der Waals surface area contributed by atoms with Gasteiger partial charge in [0.05, 0.1) is 6.54 Å². The Morgan fingerprint density at radius 3 is 2.44 bits per heavy atom. The lowest BCUT2D eigenvalue weighted by molar-refractivity contribution is -0.136. The lowest BCUT2D eigenvalue weighted by atomic mass is 9.87. The van der Waals surface area contributed by atoms with E-state index >= 15 is 0 Å². The first kappa shape index (κ1) is 18.9.